The lowest BCUT2D eigenvalue weighted by atomic mass is 10.1. The minimum Gasteiger partial charge on any atom is -0.322 e. The summed E-state index contributed by atoms with van der Waals surface area (Å²) in [6.45, 7) is 7.36. The van der Waals surface area contributed by atoms with Gasteiger partial charge in [-0.1, -0.05) is 12.1 Å². The van der Waals surface area contributed by atoms with Crippen LogP contribution in [0.15, 0.2) is 36.7 Å². The molecule has 26 heavy (non-hydrogen) atoms. The van der Waals surface area contributed by atoms with Crippen molar-refractivity contribution in [2.24, 2.45) is 5.92 Å². The van der Waals surface area contributed by atoms with Crippen LogP contribution in [0.25, 0.3) is 0 Å². The first-order chi connectivity index (χ1) is 12.4. The summed E-state index contributed by atoms with van der Waals surface area (Å²) < 4.78 is 1.81. The first kappa shape index (κ1) is 17.3. The smallest absolute Gasteiger partial charge is 0.258 e. The monoisotopic (exact) mass is 352 g/mol. The summed E-state index contributed by atoms with van der Waals surface area (Å²) in [6.07, 6.45) is 7.44. The summed E-state index contributed by atoms with van der Waals surface area (Å²) in [5.41, 5.74) is 2.63. The van der Waals surface area contributed by atoms with Crippen molar-refractivity contribution in [3.05, 3.63) is 47.8 Å². The summed E-state index contributed by atoms with van der Waals surface area (Å²) in [4.78, 5) is 12.4. The molecule has 5 nitrogen and oxygen atoms in total. The molecule has 1 aromatic carbocycles. The second-order valence-corrected chi connectivity index (χ2v) is 8.72. The van der Waals surface area contributed by atoms with Crippen molar-refractivity contribution >= 4 is 11.6 Å². The molecule has 0 spiro atoms. The number of benzene rings is 1. The van der Waals surface area contributed by atoms with Gasteiger partial charge in [-0.2, -0.15) is 5.10 Å². The predicted octanol–water partition coefficient (Wildman–Crippen LogP) is 3.75. The fraction of sp³-hybridized carbons (Fsp3) is 0.524. The molecule has 2 atom stereocenters. The van der Waals surface area contributed by atoms with Crippen molar-refractivity contribution in [2.75, 3.05) is 11.9 Å². The first-order valence-electron chi connectivity index (χ1n) is 9.60. The van der Waals surface area contributed by atoms with E-state index in [9.17, 15) is 4.79 Å². The Hall–Kier alpha value is -2.14. The highest BCUT2D eigenvalue weighted by atomic mass is 16.1. The highest BCUT2D eigenvalue weighted by molar-refractivity contribution is 6.03. The van der Waals surface area contributed by atoms with Gasteiger partial charge in [-0.3, -0.25) is 9.48 Å². The van der Waals surface area contributed by atoms with Crippen LogP contribution in [0, 0.1) is 5.92 Å². The van der Waals surface area contributed by atoms with Crippen molar-refractivity contribution in [1.82, 2.24) is 15.1 Å². The number of anilines is 1. The Bertz CT molecular complexity index is 783. The van der Waals surface area contributed by atoms with E-state index in [1.807, 2.05) is 16.8 Å². The maximum absolute atomic E-state index is 12.4. The van der Waals surface area contributed by atoms with Gasteiger partial charge in [0.2, 0.25) is 0 Å². The molecule has 0 bridgehead atoms. The average Bonchev–Trinajstić information content (AvgIpc) is 3.50. The van der Waals surface area contributed by atoms with Gasteiger partial charge in [-0.25, -0.2) is 0 Å². The number of hydrogen-bond acceptors (Lipinski definition) is 3. The van der Waals surface area contributed by atoms with Gasteiger partial charge in [0.25, 0.3) is 5.91 Å². The predicted molar refractivity (Wildman–Crippen MR) is 103 cm³/mol. The molecule has 2 aliphatic rings. The van der Waals surface area contributed by atoms with Crippen LogP contribution in [0.4, 0.5) is 5.69 Å². The third-order valence-corrected chi connectivity index (χ3v) is 5.28. The lowest BCUT2D eigenvalue weighted by molar-refractivity contribution is 0.102. The Morgan fingerprint density at radius 1 is 1.23 bits per heavy atom. The molecule has 0 radical (unpaired) electrons. The van der Waals surface area contributed by atoms with Crippen LogP contribution in [0.5, 0.6) is 0 Å². The Balaban J connectivity index is 1.32. The minimum absolute atomic E-state index is 0.122. The summed E-state index contributed by atoms with van der Waals surface area (Å²) in [7, 11) is 0. The largest absolute Gasteiger partial charge is 0.322 e. The Labute approximate surface area is 155 Å². The molecule has 1 heterocycles. The standard InChI is InChI=1S/C21H28N4O/c1-21(2,3)25-13-16(12-23-25)20(26)24-17-8-6-15(7-9-17)18-10-19(18)22-11-14-4-5-14/h6-9,12-14,18-19,22H,4-5,10-11H2,1-3H3,(H,24,26)/t18-,19+/m0/s1. The third kappa shape index (κ3) is 3.98. The maximum atomic E-state index is 12.4. The number of carbonyl (C=O) groups excluding carboxylic acids is 1. The molecule has 2 aromatic rings. The first-order valence-corrected chi connectivity index (χ1v) is 9.60. The molecular formula is C21H28N4O. The fourth-order valence-electron chi connectivity index (χ4n) is 3.25. The van der Waals surface area contributed by atoms with E-state index in [-0.39, 0.29) is 11.4 Å². The summed E-state index contributed by atoms with van der Waals surface area (Å²) in [5.74, 6) is 1.43. The maximum Gasteiger partial charge on any atom is 0.258 e. The number of aromatic nitrogens is 2. The lowest BCUT2D eigenvalue weighted by Crippen LogP contribution is -2.22. The molecule has 2 fully saturated rings. The molecule has 1 amide bonds. The van der Waals surface area contributed by atoms with E-state index in [1.54, 1.807) is 12.4 Å². The van der Waals surface area contributed by atoms with E-state index in [0.29, 0.717) is 17.5 Å². The van der Waals surface area contributed by atoms with Gasteiger partial charge >= 0.3 is 0 Å². The molecule has 0 aliphatic heterocycles. The number of amides is 1. The number of nitrogens with zero attached hydrogens (tertiary/aromatic N) is 2. The number of hydrogen-bond donors (Lipinski definition) is 2. The molecule has 2 N–H and O–H groups in total. The molecular weight excluding hydrogens is 324 g/mol. The summed E-state index contributed by atoms with van der Waals surface area (Å²) in [5, 5.41) is 10.9. The molecule has 0 saturated heterocycles. The van der Waals surface area contributed by atoms with Gasteiger partial charge in [-0.15, -0.1) is 0 Å². The molecule has 1 aromatic heterocycles. The van der Waals surface area contributed by atoms with Crippen LogP contribution in [-0.2, 0) is 5.54 Å². The third-order valence-electron chi connectivity index (χ3n) is 5.28. The number of carbonyl (C=O) groups is 1. The van der Waals surface area contributed by atoms with Gasteiger partial charge in [-0.05, 0) is 70.2 Å². The molecule has 0 unspecified atom stereocenters. The molecule has 5 heteroatoms. The zero-order valence-electron chi connectivity index (χ0n) is 15.8. The summed E-state index contributed by atoms with van der Waals surface area (Å²) in [6, 6.07) is 8.91. The number of rotatable bonds is 6. The fourth-order valence-corrected chi connectivity index (χ4v) is 3.25. The Kier molecular flexibility index (Phi) is 4.35. The zero-order valence-corrected chi connectivity index (χ0v) is 15.8. The topological polar surface area (TPSA) is 59.0 Å². The van der Waals surface area contributed by atoms with Crippen LogP contribution in [0.3, 0.4) is 0 Å². The molecule has 4 rings (SSSR count). The molecule has 2 saturated carbocycles. The SMILES string of the molecule is CC(C)(C)n1cc(C(=O)Nc2ccc([C@@H]3C[C@H]3NCC3CC3)cc2)cn1. The van der Waals surface area contributed by atoms with Crippen molar-refractivity contribution in [2.45, 2.75) is 57.5 Å². The second kappa shape index (κ2) is 6.54. The van der Waals surface area contributed by atoms with Gasteiger partial charge in [0.15, 0.2) is 0 Å². The van der Waals surface area contributed by atoms with Crippen LogP contribution >= 0.6 is 0 Å². The molecule has 138 valence electrons. The van der Waals surface area contributed by atoms with Crippen molar-refractivity contribution in [1.29, 1.82) is 0 Å². The van der Waals surface area contributed by atoms with E-state index in [2.05, 4.69) is 48.6 Å². The minimum atomic E-state index is -0.130. The van der Waals surface area contributed by atoms with Crippen molar-refractivity contribution in [3.8, 4) is 0 Å². The van der Waals surface area contributed by atoms with Crippen molar-refractivity contribution in [3.63, 3.8) is 0 Å². The molecule has 2 aliphatic carbocycles. The van der Waals surface area contributed by atoms with Crippen LogP contribution in [-0.4, -0.2) is 28.3 Å². The highest BCUT2D eigenvalue weighted by Gasteiger charge is 2.38. The second-order valence-electron chi connectivity index (χ2n) is 8.72. The Morgan fingerprint density at radius 2 is 1.96 bits per heavy atom. The van der Waals surface area contributed by atoms with Gasteiger partial charge in [0, 0.05) is 23.8 Å². The normalized spacial score (nSPS) is 22.3. The average molecular weight is 352 g/mol. The van der Waals surface area contributed by atoms with E-state index in [4.69, 9.17) is 0 Å². The highest BCUT2D eigenvalue weighted by Crippen LogP contribution is 2.41. The van der Waals surface area contributed by atoms with E-state index in [0.717, 1.165) is 11.6 Å². The van der Waals surface area contributed by atoms with Crippen LogP contribution in [0.2, 0.25) is 0 Å². The quantitative estimate of drug-likeness (QED) is 0.832. The Morgan fingerprint density at radius 3 is 2.58 bits per heavy atom. The van der Waals surface area contributed by atoms with E-state index >= 15 is 0 Å². The van der Waals surface area contributed by atoms with Crippen molar-refractivity contribution < 1.29 is 4.79 Å². The van der Waals surface area contributed by atoms with Crippen LogP contribution < -0.4 is 10.6 Å². The van der Waals surface area contributed by atoms with E-state index < -0.39 is 0 Å². The van der Waals surface area contributed by atoms with Crippen LogP contribution in [0.1, 0.15) is 61.9 Å². The number of nitrogens with one attached hydrogen (secondary N) is 2. The van der Waals surface area contributed by atoms with E-state index in [1.165, 1.54) is 31.4 Å². The summed E-state index contributed by atoms with van der Waals surface area (Å²) >= 11 is 0. The van der Waals surface area contributed by atoms with Gasteiger partial charge in [0.05, 0.1) is 17.3 Å². The van der Waals surface area contributed by atoms with Gasteiger partial charge < -0.3 is 10.6 Å². The lowest BCUT2D eigenvalue weighted by Gasteiger charge is -2.18. The van der Waals surface area contributed by atoms with Gasteiger partial charge in [0.1, 0.15) is 0 Å². The zero-order chi connectivity index (χ0) is 18.3.